The minimum absolute atomic E-state index is 0.225. The third-order valence-corrected chi connectivity index (χ3v) is 4.15. The third kappa shape index (κ3) is 3.33. The first kappa shape index (κ1) is 13.6. The van der Waals surface area contributed by atoms with Crippen LogP contribution in [-0.4, -0.2) is 19.6 Å². The van der Waals surface area contributed by atoms with E-state index in [1.54, 1.807) is 0 Å². The van der Waals surface area contributed by atoms with Crippen molar-refractivity contribution in [3.63, 3.8) is 0 Å². The van der Waals surface area contributed by atoms with Gasteiger partial charge in [-0.1, -0.05) is 28.1 Å². The molecule has 2 rings (SSSR count). The first-order valence-electron chi connectivity index (χ1n) is 6.19. The highest BCUT2D eigenvalue weighted by Crippen LogP contribution is 2.29. The second-order valence-corrected chi connectivity index (χ2v) is 5.67. The number of carbonyl (C=O) groups excluding carboxylic acids is 1. The molecule has 0 bridgehead atoms. The van der Waals surface area contributed by atoms with Crippen molar-refractivity contribution >= 4 is 21.9 Å². The monoisotopic (exact) mass is 311 g/mol. The summed E-state index contributed by atoms with van der Waals surface area (Å²) >= 11 is 3.47. The summed E-state index contributed by atoms with van der Waals surface area (Å²) in [5.74, 6) is 0.506. The molecule has 98 valence electrons. The van der Waals surface area contributed by atoms with Crippen LogP contribution in [-0.2, 0) is 9.53 Å². The van der Waals surface area contributed by atoms with E-state index in [0.717, 1.165) is 28.1 Å². The molecule has 1 aliphatic carbocycles. The highest BCUT2D eigenvalue weighted by Gasteiger charge is 2.26. The second-order valence-electron chi connectivity index (χ2n) is 4.82. The van der Waals surface area contributed by atoms with Gasteiger partial charge in [-0.3, -0.25) is 0 Å². The van der Waals surface area contributed by atoms with Crippen molar-refractivity contribution < 1.29 is 9.53 Å². The van der Waals surface area contributed by atoms with Gasteiger partial charge in [-0.05, 0) is 49.4 Å². The number of ether oxygens (including phenoxy) is 1. The van der Waals surface area contributed by atoms with Crippen LogP contribution in [0.3, 0.4) is 0 Å². The first-order chi connectivity index (χ1) is 8.61. The molecule has 18 heavy (non-hydrogen) atoms. The third-order valence-electron chi connectivity index (χ3n) is 3.26. The Morgan fingerprint density at radius 3 is 2.83 bits per heavy atom. The number of halogens is 1. The Labute approximate surface area is 116 Å². The number of hydrogen-bond donors (Lipinski definition) is 1. The molecular formula is C14H18BrNO2. The van der Waals surface area contributed by atoms with Crippen LogP contribution in [0.1, 0.15) is 30.0 Å². The van der Waals surface area contributed by atoms with Gasteiger partial charge in [0.1, 0.15) is 6.04 Å². The predicted octanol–water partition coefficient (Wildman–Crippen LogP) is 2.97. The predicted molar refractivity (Wildman–Crippen MR) is 74.4 cm³/mol. The summed E-state index contributed by atoms with van der Waals surface area (Å²) in [5.41, 5.74) is 2.08. The summed E-state index contributed by atoms with van der Waals surface area (Å²) < 4.78 is 5.93. The Hall–Kier alpha value is -0.870. The van der Waals surface area contributed by atoms with Crippen molar-refractivity contribution in [1.82, 2.24) is 5.32 Å². The fourth-order valence-corrected chi connectivity index (χ4v) is 2.16. The Morgan fingerprint density at radius 2 is 2.28 bits per heavy atom. The van der Waals surface area contributed by atoms with E-state index in [4.69, 9.17) is 4.74 Å². The highest BCUT2D eigenvalue weighted by atomic mass is 79.9. The van der Waals surface area contributed by atoms with Gasteiger partial charge in [0.2, 0.25) is 0 Å². The van der Waals surface area contributed by atoms with Crippen LogP contribution in [0.4, 0.5) is 0 Å². The second kappa shape index (κ2) is 5.85. The van der Waals surface area contributed by atoms with Crippen LogP contribution in [0.2, 0.25) is 0 Å². The molecule has 0 aliphatic heterocycles. The first-order valence-corrected chi connectivity index (χ1v) is 6.98. The summed E-state index contributed by atoms with van der Waals surface area (Å²) in [6.07, 6.45) is 2.53. The van der Waals surface area contributed by atoms with Crippen molar-refractivity contribution in [3.8, 4) is 0 Å². The molecule has 1 unspecified atom stereocenters. The van der Waals surface area contributed by atoms with Crippen LogP contribution >= 0.6 is 15.9 Å². The Morgan fingerprint density at radius 1 is 1.56 bits per heavy atom. The molecule has 0 saturated heterocycles. The van der Waals surface area contributed by atoms with E-state index in [1.165, 1.54) is 20.0 Å². The number of aryl methyl sites for hydroxylation is 1. The molecular weight excluding hydrogens is 294 g/mol. The average Bonchev–Trinajstić information content (AvgIpc) is 3.17. The van der Waals surface area contributed by atoms with Crippen LogP contribution in [0.15, 0.2) is 22.7 Å². The molecule has 0 spiro atoms. The van der Waals surface area contributed by atoms with E-state index in [1.807, 2.05) is 25.1 Å². The lowest BCUT2D eigenvalue weighted by atomic mass is 10.0. The van der Waals surface area contributed by atoms with Crippen LogP contribution in [0.25, 0.3) is 0 Å². The van der Waals surface area contributed by atoms with Gasteiger partial charge in [0, 0.05) is 4.47 Å². The summed E-state index contributed by atoms with van der Waals surface area (Å²) in [4.78, 5) is 11.8. The molecule has 1 saturated carbocycles. The van der Waals surface area contributed by atoms with Gasteiger partial charge in [0.05, 0.1) is 7.11 Å². The number of hydrogen-bond acceptors (Lipinski definition) is 3. The molecule has 1 N–H and O–H groups in total. The molecule has 0 amide bonds. The fraction of sp³-hybridized carbons (Fsp3) is 0.500. The van der Waals surface area contributed by atoms with Crippen molar-refractivity contribution in [2.75, 3.05) is 13.7 Å². The largest absolute Gasteiger partial charge is 0.468 e. The zero-order chi connectivity index (χ0) is 13.1. The number of methoxy groups -OCH3 is 1. The van der Waals surface area contributed by atoms with E-state index in [-0.39, 0.29) is 12.0 Å². The molecule has 0 radical (unpaired) electrons. The van der Waals surface area contributed by atoms with Crippen molar-refractivity contribution in [2.45, 2.75) is 25.8 Å². The standard InChI is InChI=1S/C14H18BrNO2/c1-9-7-11(5-6-12(9)15)13(14(17)18-2)16-8-10-3-4-10/h5-7,10,13,16H,3-4,8H2,1-2H3. The molecule has 1 aliphatic rings. The van der Waals surface area contributed by atoms with Crippen molar-refractivity contribution in [1.29, 1.82) is 0 Å². The van der Waals surface area contributed by atoms with Crippen LogP contribution < -0.4 is 5.32 Å². The molecule has 3 nitrogen and oxygen atoms in total. The summed E-state index contributed by atoms with van der Waals surface area (Å²) in [6, 6.07) is 5.59. The molecule has 1 atom stereocenters. The van der Waals surface area contributed by atoms with Gasteiger partial charge in [-0.15, -0.1) is 0 Å². The van der Waals surface area contributed by atoms with E-state index >= 15 is 0 Å². The molecule has 1 aromatic carbocycles. The lowest BCUT2D eigenvalue weighted by Gasteiger charge is -2.17. The number of benzene rings is 1. The van der Waals surface area contributed by atoms with Crippen LogP contribution in [0, 0.1) is 12.8 Å². The topological polar surface area (TPSA) is 38.3 Å². The van der Waals surface area contributed by atoms with Gasteiger partial charge in [0.25, 0.3) is 0 Å². The Balaban J connectivity index is 2.14. The van der Waals surface area contributed by atoms with E-state index in [9.17, 15) is 4.79 Å². The maximum atomic E-state index is 11.8. The summed E-state index contributed by atoms with van der Waals surface area (Å²) in [6.45, 7) is 2.90. The zero-order valence-corrected chi connectivity index (χ0v) is 12.3. The van der Waals surface area contributed by atoms with Gasteiger partial charge in [-0.2, -0.15) is 0 Å². The van der Waals surface area contributed by atoms with Gasteiger partial charge < -0.3 is 10.1 Å². The number of nitrogens with one attached hydrogen (secondary N) is 1. The SMILES string of the molecule is COC(=O)C(NCC1CC1)c1ccc(Br)c(C)c1. The minimum atomic E-state index is -0.359. The van der Waals surface area contributed by atoms with Gasteiger partial charge in [0.15, 0.2) is 0 Å². The zero-order valence-electron chi connectivity index (χ0n) is 10.7. The van der Waals surface area contributed by atoms with Gasteiger partial charge in [-0.25, -0.2) is 4.79 Å². The number of rotatable bonds is 5. The normalized spacial score (nSPS) is 16.4. The molecule has 0 heterocycles. The lowest BCUT2D eigenvalue weighted by Crippen LogP contribution is -2.31. The van der Waals surface area contributed by atoms with E-state index in [0.29, 0.717) is 0 Å². The Bertz CT molecular complexity index is 443. The van der Waals surface area contributed by atoms with Gasteiger partial charge >= 0.3 is 5.97 Å². The van der Waals surface area contributed by atoms with E-state index < -0.39 is 0 Å². The van der Waals surface area contributed by atoms with Crippen molar-refractivity contribution in [2.24, 2.45) is 5.92 Å². The fourth-order valence-electron chi connectivity index (χ4n) is 1.91. The van der Waals surface area contributed by atoms with Crippen LogP contribution in [0.5, 0.6) is 0 Å². The van der Waals surface area contributed by atoms with Crippen molar-refractivity contribution in [3.05, 3.63) is 33.8 Å². The highest BCUT2D eigenvalue weighted by molar-refractivity contribution is 9.10. The summed E-state index contributed by atoms with van der Waals surface area (Å²) in [5, 5.41) is 3.31. The lowest BCUT2D eigenvalue weighted by molar-refractivity contribution is -0.143. The number of esters is 1. The maximum Gasteiger partial charge on any atom is 0.327 e. The smallest absolute Gasteiger partial charge is 0.327 e. The summed E-state index contributed by atoms with van der Waals surface area (Å²) in [7, 11) is 1.43. The minimum Gasteiger partial charge on any atom is -0.468 e. The molecule has 1 fully saturated rings. The Kier molecular flexibility index (Phi) is 4.40. The quantitative estimate of drug-likeness (QED) is 0.850. The van der Waals surface area contributed by atoms with E-state index in [2.05, 4.69) is 21.2 Å². The molecule has 0 aromatic heterocycles. The molecule has 4 heteroatoms. The molecule has 1 aromatic rings. The average molecular weight is 312 g/mol. The number of carbonyl (C=O) groups is 1. The maximum absolute atomic E-state index is 11.8.